The molecule has 0 aliphatic carbocycles. The molecule has 1 amide bonds. The van der Waals surface area contributed by atoms with Gasteiger partial charge < -0.3 is 15.5 Å². The van der Waals surface area contributed by atoms with Crippen LogP contribution in [0.2, 0.25) is 0 Å². The molecular formula is C7H13NO4S. The molecule has 0 saturated carbocycles. The third kappa shape index (κ3) is 6.41. The van der Waals surface area contributed by atoms with Crippen LogP contribution in [0.25, 0.3) is 0 Å². The van der Waals surface area contributed by atoms with E-state index in [1.165, 1.54) is 18.7 Å². The average Bonchev–Trinajstić information content (AvgIpc) is 2.02. The summed E-state index contributed by atoms with van der Waals surface area (Å²) < 4.78 is 0. The second-order valence-corrected chi connectivity index (χ2v) is 3.54. The Kier molecular flexibility index (Phi) is 6.34. The summed E-state index contributed by atoms with van der Waals surface area (Å²) in [6.45, 7) is 1.28. The lowest BCUT2D eigenvalue weighted by atomic mass is 10.3. The second kappa shape index (κ2) is 6.73. The van der Waals surface area contributed by atoms with Gasteiger partial charge >= 0.3 is 5.97 Å². The molecular weight excluding hydrogens is 194 g/mol. The highest BCUT2D eigenvalue weighted by Crippen LogP contribution is 2.02. The van der Waals surface area contributed by atoms with Crippen molar-refractivity contribution in [2.45, 2.75) is 13.0 Å². The van der Waals surface area contributed by atoms with E-state index in [4.69, 9.17) is 10.2 Å². The highest BCUT2D eigenvalue weighted by molar-refractivity contribution is 7.99. The number of aliphatic carboxylic acids is 1. The average molecular weight is 207 g/mol. The monoisotopic (exact) mass is 207 g/mol. The normalized spacial score (nSPS) is 12.2. The number of aliphatic hydroxyl groups is 1. The minimum absolute atomic E-state index is 0.0110. The van der Waals surface area contributed by atoms with Gasteiger partial charge in [-0.15, -0.1) is 0 Å². The maximum Gasteiger partial charge on any atom is 0.327 e. The van der Waals surface area contributed by atoms with Crippen LogP contribution in [-0.2, 0) is 9.59 Å². The van der Waals surface area contributed by atoms with E-state index < -0.39 is 12.0 Å². The SMILES string of the molecule is CC(=O)N[C@@H](CSCCO)C(=O)O. The van der Waals surface area contributed by atoms with Gasteiger partial charge in [0.25, 0.3) is 0 Å². The van der Waals surface area contributed by atoms with Gasteiger partial charge in [0, 0.05) is 18.4 Å². The van der Waals surface area contributed by atoms with Crippen LogP contribution >= 0.6 is 11.8 Å². The third-order valence-electron chi connectivity index (χ3n) is 1.20. The molecule has 0 aromatic rings. The van der Waals surface area contributed by atoms with Gasteiger partial charge in [-0.25, -0.2) is 4.79 Å². The molecule has 76 valence electrons. The predicted octanol–water partition coefficient (Wildman–Crippen LogP) is -0.699. The standard InChI is InChI=1S/C7H13NO4S/c1-5(10)8-6(7(11)12)4-13-3-2-9/h6,9H,2-4H2,1H3,(H,8,10)(H,11,12)/t6-/m0/s1. The Balaban J connectivity index is 3.81. The molecule has 3 N–H and O–H groups in total. The maximum atomic E-state index is 10.6. The molecule has 0 fully saturated rings. The largest absolute Gasteiger partial charge is 0.480 e. The highest BCUT2D eigenvalue weighted by atomic mass is 32.2. The minimum Gasteiger partial charge on any atom is -0.480 e. The minimum atomic E-state index is -1.05. The summed E-state index contributed by atoms with van der Waals surface area (Å²) in [6.07, 6.45) is 0. The fourth-order valence-electron chi connectivity index (χ4n) is 0.686. The molecule has 0 rings (SSSR count). The zero-order valence-electron chi connectivity index (χ0n) is 7.32. The number of hydrogen-bond acceptors (Lipinski definition) is 4. The predicted molar refractivity (Wildman–Crippen MR) is 49.7 cm³/mol. The fourth-order valence-corrected chi connectivity index (χ4v) is 1.44. The van der Waals surface area contributed by atoms with Crippen molar-refractivity contribution in [2.24, 2.45) is 0 Å². The van der Waals surface area contributed by atoms with Gasteiger partial charge in [-0.3, -0.25) is 4.79 Å². The molecule has 0 unspecified atom stereocenters. The maximum absolute atomic E-state index is 10.6. The number of amides is 1. The number of aliphatic hydroxyl groups excluding tert-OH is 1. The molecule has 0 saturated heterocycles. The number of carboxylic acid groups (broad SMARTS) is 1. The molecule has 0 aliphatic rings. The van der Waals surface area contributed by atoms with Gasteiger partial charge in [0.1, 0.15) is 6.04 Å². The molecule has 6 heteroatoms. The zero-order valence-corrected chi connectivity index (χ0v) is 8.13. The number of rotatable bonds is 6. The Morgan fingerprint density at radius 1 is 1.54 bits per heavy atom. The van der Waals surface area contributed by atoms with Crippen LogP contribution in [0.1, 0.15) is 6.92 Å². The molecule has 1 atom stereocenters. The Hall–Kier alpha value is -0.750. The van der Waals surface area contributed by atoms with E-state index >= 15 is 0 Å². The van der Waals surface area contributed by atoms with Crippen LogP contribution in [0, 0.1) is 0 Å². The topological polar surface area (TPSA) is 86.6 Å². The lowest BCUT2D eigenvalue weighted by molar-refractivity contribution is -0.140. The van der Waals surface area contributed by atoms with Crippen molar-refractivity contribution in [3.8, 4) is 0 Å². The molecule has 0 aromatic carbocycles. The number of carbonyl (C=O) groups excluding carboxylic acids is 1. The molecule has 5 nitrogen and oxygen atoms in total. The first-order valence-electron chi connectivity index (χ1n) is 3.76. The van der Waals surface area contributed by atoms with Crippen molar-refractivity contribution >= 4 is 23.6 Å². The van der Waals surface area contributed by atoms with E-state index in [1.54, 1.807) is 0 Å². The second-order valence-electron chi connectivity index (χ2n) is 2.39. The molecule has 0 radical (unpaired) electrons. The summed E-state index contributed by atoms with van der Waals surface area (Å²) in [5.41, 5.74) is 0. The first-order chi connectivity index (χ1) is 6.07. The first kappa shape index (κ1) is 12.2. The smallest absolute Gasteiger partial charge is 0.327 e. The number of nitrogens with one attached hydrogen (secondary N) is 1. The van der Waals surface area contributed by atoms with Crippen LogP contribution in [0.4, 0.5) is 0 Å². The summed E-state index contributed by atoms with van der Waals surface area (Å²) in [7, 11) is 0. The van der Waals surface area contributed by atoms with Crippen LogP contribution in [0.5, 0.6) is 0 Å². The van der Waals surface area contributed by atoms with Crippen LogP contribution < -0.4 is 5.32 Å². The van der Waals surface area contributed by atoms with Crippen molar-refractivity contribution in [1.29, 1.82) is 0 Å². The molecule has 0 aromatic heterocycles. The Labute approximate surface area is 80.5 Å². The Bertz CT molecular complexity index is 185. The van der Waals surface area contributed by atoms with Crippen molar-refractivity contribution in [2.75, 3.05) is 18.1 Å². The summed E-state index contributed by atoms with van der Waals surface area (Å²) in [5.74, 6) is -0.670. The van der Waals surface area contributed by atoms with Gasteiger partial charge in [-0.05, 0) is 0 Å². The van der Waals surface area contributed by atoms with Gasteiger partial charge in [0.2, 0.25) is 5.91 Å². The quantitative estimate of drug-likeness (QED) is 0.501. The number of carbonyl (C=O) groups is 2. The van der Waals surface area contributed by atoms with Crippen LogP contribution in [0.15, 0.2) is 0 Å². The van der Waals surface area contributed by atoms with Crippen molar-refractivity contribution < 1.29 is 19.8 Å². The zero-order chi connectivity index (χ0) is 10.3. The van der Waals surface area contributed by atoms with E-state index in [9.17, 15) is 9.59 Å². The van der Waals surface area contributed by atoms with Gasteiger partial charge in [0.05, 0.1) is 6.61 Å². The Morgan fingerprint density at radius 2 is 2.15 bits per heavy atom. The fraction of sp³-hybridized carbons (Fsp3) is 0.714. The number of thioether (sulfide) groups is 1. The first-order valence-corrected chi connectivity index (χ1v) is 4.92. The lowest BCUT2D eigenvalue weighted by Gasteiger charge is -2.11. The van der Waals surface area contributed by atoms with Crippen molar-refractivity contribution in [3.63, 3.8) is 0 Å². The molecule has 0 spiro atoms. The number of carboxylic acids is 1. The summed E-state index contributed by atoms with van der Waals surface area (Å²) in [5, 5.41) is 19.4. The van der Waals surface area contributed by atoms with E-state index in [0.29, 0.717) is 5.75 Å². The van der Waals surface area contributed by atoms with E-state index in [-0.39, 0.29) is 18.3 Å². The Morgan fingerprint density at radius 3 is 2.54 bits per heavy atom. The molecule has 0 aliphatic heterocycles. The van der Waals surface area contributed by atoms with E-state index in [0.717, 1.165) is 0 Å². The summed E-state index contributed by atoms with van der Waals surface area (Å²) in [6, 6.07) is -0.867. The summed E-state index contributed by atoms with van der Waals surface area (Å²) >= 11 is 1.29. The number of hydrogen-bond donors (Lipinski definition) is 3. The summed E-state index contributed by atoms with van der Waals surface area (Å²) in [4.78, 5) is 21.1. The lowest BCUT2D eigenvalue weighted by Crippen LogP contribution is -2.41. The van der Waals surface area contributed by atoms with Crippen molar-refractivity contribution in [3.05, 3.63) is 0 Å². The molecule has 13 heavy (non-hydrogen) atoms. The third-order valence-corrected chi connectivity index (χ3v) is 2.24. The van der Waals surface area contributed by atoms with Gasteiger partial charge in [-0.1, -0.05) is 0 Å². The van der Waals surface area contributed by atoms with Gasteiger partial charge in [-0.2, -0.15) is 11.8 Å². The van der Waals surface area contributed by atoms with Crippen LogP contribution in [0.3, 0.4) is 0 Å². The van der Waals surface area contributed by atoms with Crippen molar-refractivity contribution in [1.82, 2.24) is 5.32 Å². The van der Waals surface area contributed by atoms with E-state index in [1.807, 2.05) is 0 Å². The van der Waals surface area contributed by atoms with E-state index in [2.05, 4.69) is 5.32 Å². The molecule has 0 bridgehead atoms. The van der Waals surface area contributed by atoms with Crippen LogP contribution in [-0.4, -0.2) is 46.2 Å². The highest BCUT2D eigenvalue weighted by Gasteiger charge is 2.17. The molecule has 0 heterocycles. The van der Waals surface area contributed by atoms with Gasteiger partial charge in [0.15, 0.2) is 0 Å².